The molecular weight excluding hydrogens is 348 g/mol. The van der Waals surface area contributed by atoms with Gasteiger partial charge >= 0.3 is 0 Å². The highest BCUT2D eigenvalue weighted by molar-refractivity contribution is 5.97. The standard InChI is InChI=1S/C24H22N2O2/c1-18-12-14-21(15-13-18)24(28)26-17-16-25(22(26)19-8-4-2-5-9-19)23(27)20-10-6-3-7-11-20/h2-15,22H,16-17H2,1H3. The molecule has 1 fully saturated rings. The molecule has 1 aliphatic heterocycles. The fourth-order valence-electron chi connectivity index (χ4n) is 3.65. The van der Waals surface area contributed by atoms with Crippen LogP contribution in [0.1, 0.15) is 38.0 Å². The second-order valence-corrected chi connectivity index (χ2v) is 7.01. The highest BCUT2D eigenvalue weighted by Crippen LogP contribution is 2.32. The summed E-state index contributed by atoms with van der Waals surface area (Å²) >= 11 is 0. The molecule has 0 aromatic heterocycles. The van der Waals surface area contributed by atoms with Crippen molar-refractivity contribution >= 4 is 11.8 Å². The average Bonchev–Trinajstić information content (AvgIpc) is 3.19. The topological polar surface area (TPSA) is 40.6 Å². The van der Waals surface area contributed by atoms with E-state index in [-0.39, 0.29) is 11.8 Å². The molecular formula is C24H22N2O2. The van der Waals surface area contributed by atoms with Gasteiger partial charge in [0.1, 0.15) is 6.17 Å². The Balaban J connectivity index is 1.70. The molecule has 3 aromatic carbocycles. The Bertz CT molecular complexity index is 969. The highest BCUT2D eigenvalue weighted by atomic mass is 16.2. The van der Waals surface area contributed by atoms with Gasteiger partial charge in [0.15, 0.2) is 0 Å². The van der Waals surface area contributed by atoms with E-state index in [0.717, 1.165) is 11.1 Å². The van der Waals surface area contributed by atoms with Crippen molar-refractivity contribution < 1.29 is 9.59 Å². The lowest BCUT2D eigenvalue weighted by Gasteiger charge is -2.31. The van der Waals surface area contributed by atoms with Gasteiger partial charge < -0.3 is 9.80 Å². The molecule has 28 heavy (non-hydrogen) atoms. The molecule has 0 bridgehead atoms. The van der Waals surface area contributed by atoms with Crippen molar-refractivity contribution in [3.05, 3.63) is 107 Å². The maximum absolute atomic E-state index is 13.2. The van der Waals surface area contributed by atoms with Crippen molar-refractivity contribution in [1.82, 2.24) is 9.80 Å². The zero-order valence-electron chi connectivity index (χ0n) is 15.8. The first-order valence-electron chi connectivity index (χ1n) is 9.44. The summed E-state index contributed by atoms with van der Waals surface area (Å²) in [6.07, 6.45) is -0.414. The fourth-order valence-corrected chi connectivity index (χ4v) is 3.65. The summed E-state index contributed by atoms with van der Waals surface area (Å²) in [6, 6.07) is 26.6. The van der Waals surface area contributed by atoms with Crippen molar-refractivity contribution in [1.29, 1.82) is 0 Å². The third-order valence-electron chi connectivity index (χ3n) is 5.11. The number of hydrogen-bond acceptors (Lipinski definition) is 2. The molecule has 0 radical (unpaired) electrons. The molecule has 1 saturated heterocycles. The number of hydrogen-bond donors (Lipinski definition) is 0. The molecule has 4 nitrogen and oxygen atoms in total. The number of nitrogens with zero attached hydrogens (tertiary/aromatic N) is 2. The molecule has 1 aliphatic rings. The lowest BCUT2D eigenvalue weighted by atomic mass is 10.1. The first-order valence-corrected chi connectivity index (χ1v) is 9.44. The summed E-state index contributed by atoms with van der Waals surface area (Å²) < 4.78 is 0. The Kier molecular flexibility index (Phi) is 4.94. The summed E-state index contributed by atoms with van der Waals surface area (Å²) in [5.41, 5.74) is 3.32. The summed E-state index contributed by atoms with van der Waals surface area (Å²) in [5, 5.41) is 0. The normalized spacial score (nSPS) is 16.2. The Morgan fingerprint density at radius 1 is 0.679 bits per heavy atom. The van der Waals surface area contributed by atoms with Crippen LogP contribution < -0.4 is 0 Å². The summed E-state index contributed by atoms with van der Waals surface area (Å²) in [4.78, 5) is 30.0. The van der Waals surface area contributed by atoms with Gasteiger partial charge in [0.25, 0.3) is 11.8 Å². The number of amides is 2. The molecule has 0 spiro atoms. The molecule has 2 amide bonds. The minimum absolute atomic E-state index is 0.0581. The van der Waals surface area contributed by atoms with Gasteiger partial charge in [-0.25, -0.2) is 0 Å². The number of rotatable bonds is 3. The number of aryl methyl sites for hydroxylation is 1. The predicted octanol–water partition coefficient (Wildman–Crippen LogP) is 4.29. The van der Waals surface area contributed by atoms with E-state index < -0.39 is 6.17 Å². The molecule has 0 aliphatic carbocycles. The molecule has 4 heteroatoms. The van der Waals surface area contributed by atoms with E-state index in [1.54, 1.807) is 9.80 Å². The smallest absolute Gasteiger partial charge is 0.255 e. The molecule has 1 heterocycles. The monoisotopic (exact) mass is 370 g/mol. The Labute approximate surface area is 165 Å². The largest absolute Gasteiger partial charge is 0.312 e. The Hall–Kier alpha value is -3.40. The maximum atomic E-state index is 13.2. The van der Waals surface area contributed by atoms with Crippen LogP contribution in [0.5, 0.6) is 0 Å². The van der Waals surface area contributed by atoms with E-state index in [2.05, 4.69) is 0 Å². The van der Waals surface area contributed by atoms with E-state index in [0.29, 0.717) is 24.2 Å². The van der Waals surface area contributed by atoms with Gasteiger partial charge in [-0.3, -0.25) is 9.59 Å². The minimum atomic E-state index is -0.414. The lowest BCUT2D eigenvalue weighted by Crippen LogP contribution is -2.38. The van der Waals surface area contributed by atoms with Crippen LogP contribution in [-0.4, -0.2) is 34.7 Å². The molecule has 4 rings (SSSR count). The van der Waals surface area contributed by atoms with Gasteiger partial charge in [-0.2, -0.15) is 0 Å². The second-order valence-electron chi connectivity index (χ2n) is 7.01. The predicted molar refractivity (Wildman–Crippen MR) is 109 cm³/mol. The Morgan fingerprint density at radius 2 is 1.14 bits per heavy atom. The van der Waals surface area contributed by atoms with Gasteiger partial charge in [-0.1, -0.05) is 66.2 Å². The zero-order valence-corrected chi connectivity index (χ0v) is 15.8. The molecule has 140 valence electrons. The number of carbonyl (C=O) groups is 2. The summed E-state index contributed by atoms with van der Waals surface area (Å²) in [7, 11) is 0. The quantitative estimate of drug-likeness (QED) is 0.690. The SMILES string of the molecule is Cc1ccc(C(=O)N2CCN(C(=O)c3ccccc3)C2c2ccccc2)cc1. The first kappa shape index (κ1) is 18.0. The molecule has 0 N–H and O–H groups in total. The van der Waals surface area contributed by atoms with Crippen LogP contribution in [0.3, 0.4) is 0 Å². The van der Waals surface area contributed by atoms with Gasteiger partial charge in [-0.15, -0.1) is 0 Å². The van der Waals surface area contributed by atoms with E-state index in [1.807, 2.05) is 91.9 Å². The first-order chi connectivity index (χ1) is 13.6. The number of benzene rings is 3. The van der Waals surface area contributed by atoms with Crippen LogP contribution in [0.4, 0.5) is 0 Å². The minimum Gasteiger partial charge on any atom is -0.312 e. The van der Waals surface area contributed by atoms with E-state index >= 15 is 0 Å². The number of carbonyl (C=O) groups excluding carboxylic acids is 2. The van der Waals surface area contributed by atoms with Crippen LogP contribution in [-0.2, 0) is 0 Å². The van der Waals surface area contributed by atoms with E-state index in [4.69, 9.17) is 0 Å². The van der Waals surface area contributed by atoms with Gasteiger partial charge in [0.05, 0.1) is 0 Å². The molecule has 0 saturated carbocycles. The van der Waals surface area contributed by atoms with Gasteiger partial charge in [0.2, 0.25) is 0 Å². The average molecular weight is 370 g/mol. The van der Waals surface area contributed by atoms with Gasteiger partial charge in [-0.05, 0) is 36.8 Å². The van der Waals surface area contributed by atoms with Crippen LogP contribution >= 0.6 is 0 Å². The van der Waals surface area contributed by atoms with Crippen molar-refractivity contribution in [3.8, 4) is 0 Å². The van der Waals surface area contributed by atoms with E-state index in [1.165, 1.54) is 0 Å². The summed E-state index contributed by atoms with van der Waals surface area (Å²) in [6.45, 7) is 3.01. The molecule has 1 atom stereocenters. The van der Waals surface area contributed by atoms with Crippen LogP contribution in [0.25, 0.3) is 0 Å². The van der Waals surface area contributed by atoms with Crippen LogP contribution in [0.2, 0.25) is 0 Å². The fraction of sp³-hybridized carbons (Fsp3) is 0.167. The van der Waals surface area contributed by atoms with Gasteiger partial charge in [0, 0.05) is 24.2 Å². The summed E-state index contributed by atoms with van der Waals surface area (Å²) in [5.74, 6) is -0.120. The molecule has 1 unspecified atom stereocenters. The zero-order chi connectivity index (χ0) is 19.5. The Morgan fingerprint density at radius 3 is 1.68 bits per heavy atom. The highest BCUT2D eigenvalue weighted by Gasteiger charge is 2.39. The van der Waals surface area contributed by atoms with Crippen LogP contribution in [0.15, 0.2) is 84.9 Å². The van der Waals surface area contributed by atoms with Crippen molar-refractivity contribution in [3.63, 3.8) is 0 Å². The van der Waals surface area contributed by atoms with Crippen molar-refractivity contribution in [2.24, 2.45) is 0 Å². The molecule has 3 aromatic rings. The maximum Gasteiger partial charge on any atom is 0.255 e. The third kappa shape index (κ3) is 3.41. The third-order valence-corrected chi connectivity index (χ3v) is 5.11. The van der Waals surface area contributed by atoms with Crippen molar-refractivity contribution in [2.75, 3.05) is 13.1 Å². The van der Waals surface area contributed by atoms with Crippen molar-refractivity contribution in [2.45, 2.75) is 13.1 Å². The van der Waals surface area contributed by atoms with E-state index in [9.17, 15) is 9.59 Å². The lowest BCUT2D eigenvalue weighted by molar-refractivity contribution is 0.0545. The van der Waals surface area contributed by atoms with Crippen LogP contribution in [0, 0.1) is 6.92 Å². The second kappa shape index (κ2) is 7.69.